The van der Waals surface area contributed by atoms with Gasteiger partial charge in [0.2, 0.25) is 0 Å². The fourth-order valence-corrected chi connectivity index (χ4v) is 6.48. The van der Waals surface area contributed by atoms with E-state index in [2.05, 4.69) is 32.7 Å². The lowest BCUT2D eigenvalue weighted by molar-refractivity contribution is -0.0204. The van der Waals surface area contributed by atoms with Crippen LogP contribution in [0.2, 0.25) is 0 Å². The van der Waals surface area contributed by atoms with Crippen molar-refractivity contribution in [1.29, 1.82) is 0 Å². The van der Waals surface area contributed by atoms with Crippen molar-refractivity contribution < 1.29 is 0 Å². The summed E-state index contributed by atoms with van der Waals surface area (Å²) in [6.07, 6.45) is 8.93. The highest BCUT2D eigenvalue weighted by atomic mass is 79.9. The van der Waals surface area contributed by atoms with Crippen molar-refractivity contribution in [3.05, 3.63) is 20.8 Å². The van der Waals surface area contributed by atoms with Crippen molar-refractivity contribution in [1.82, 2.24) is 5.32 Å². The summed E-state index contributed by atoms with van der Waals surface area (Å²) >= 11 is 5.52. The van der Waals surface area contributed by atoms with E-state index in [4.69, 9.17) is 0 Å². The molecule has 98 valence electrons. The van der Waals surface area contributed by atoms with Crippen molar-refractivity contribution in [3.8, 4) is 0 Å². The highest BCUT2D eigenvalue weighted by Crippen LogP contribution is 2.55. The van der Waals surface area contributed by atoms with Crippen molar-refractivity contribution in [2.24, 2.45) is 17.8 Å². The first-order valence-electron chi connectivity index (χ1n) is 7.19. The maximum atomic E-state index is 3.95. The van der Waals surface area contributed by atoms with Crippen LogP contribution in [0.3, 0.4) is 0 Å². The van der Waals surface area contributed by atoms with Crippen LogP contribution >= 0.6 is 27.3 Å². The Hall–Kier alpha value is 0.140. The van der Waals surface area contributed by atoms with Crippen LogP contribution in [0.1, 0.15) is 43.4 Å². The van der Waals surface area contributed by atoms with Crippen LogP contribution in [-0.4, -0.2) is 5.54 Å². The lowest BCUT2D eigenvalue weighted by atomic mass is 9.53. The Bertz CT molecular complexity index is 418. The van der Waals surface area contributed by atoms with E-state index < -0.39 is 0 Å². The highest BCUT2D eigenvalue weighted by Gasteiger charge is 2.50. The number of halogens is 1. The van der Waals surface area contributed by atoms with Crippen LogP contribution in [0.5, 0.6) is 0 Å². The predicted octanol–water partition coefficient (Wildman–Crippen LogP) is 4.57. The second-order valence-electron chi connectivity index (χ2n) is 6.74. The summed E-state index contributed by atoms with van der Waals surface area (Å²) in [5.74, 6) is 3.11. The minimum atomic E-state index is 0.498. The first-order chi connectivity index (χ1) is 8.72. The minimum absolute atomic E-state index is 0.498. The van der Waals surface area contributed by atoms with Gasteiger partial charge in [-0.05, 0) is 83.7 Å². The van der Waals surface area contributed by atoms with E-state index in [-0.39, 0.29) is 0 Å². The first kappa shape index (κ1) is 11.9. The van der Waals surface area contributed by atoms with Crippen LogP contribution in [0.4, 0.5) is 0 Å². The molecule has 0 aliphatic heterocycles. The molecule has 0 aromatic carbocycles. The molecule has 1 aromatic heterocycles. The zero-order chi connectivity index (χ0) is 12.2. The van der Waals surface area contributed by atoms with Crippen molar-refractivity contribution in [2.45, 2.75) is 50.6 Å². The third-order valence-corrected chi connectivity index (χ3v) is 7.28. The van der Waals surface area contributed by atoms with E-state index in [9.17, 15) is 0 Å². The van der Waals surface area contributed by atoms with Gasteiger partial charge >= 0.3 is 0 Å². The molecule has 1 aromatic rings. The van der Waals surface area contributed by atoms with E-state index in [1.165, 1.54) is 47.9 Å². The molecule has 4 aliphatic rings. The standard InChI is InChI=1S/C15H20BrNS/c16-13-1-2-18-14(13)9-17-15-6-10-3-11(7-15)5-12(4-10)8-15/h1-2,10-12,17H,3-9H2. The molecule has 4 aliphatic carbocycles. The van der Waals surface area contributed by atoms with E-state index in [0.29, 0.717) is 5.54 Å². The Morgan fingerprint density at radius 3 is 2.28 bits per heavy atom. The molecule has 4 saturated carbocycles. The molecule has 1 nitrogen and oxygen atoms in total. The monoisotopic (exact) mass is 325 g/mol. The van der Waals surface area contributed by atoms with Crippen LogP contribution in [0.15, 0.2) is 15.9 Å². The molecular formula is C15H20BrNS. The van der Waals surface area contributed by atoms with Gasteiger partial charge in [-0.2, -0.15) is 0 Å². The molecule has 3 heteroatoms. The van der Waals surface area contributed by atoms with Gasteiger partial charge in [0.25, 0.3) is 0 Å². The largest absolute Gasteiger partial charge is 0.306 e. The van der Waals surface area contributed by atoms with Crippen LogP contribution in [0, 0.1) is 17.8 Å². The Morgan fingerprint density at radius 1 is 1.17 bits per heavy atom. The number of thiophene rings is 1. The molecule has 0 spiro atoms. The van der Waals surface area contributed by atoms with E-state index in [0.717, 1.165) is 24.3 Å². The summed E-state index contributed by atoms with van der Waals surface area (Å²) in [6, 6.07) is 2.17. The third kappa shape index (κ3) is 1.99. The highest BCUT2D eigenvalue weighted by molar-refractivity contribution is 9.10. The summed E-state index contributed by atoms with van der Waals surface area (Å²) in [5.41, 5.74) is 0.498. The molecular weight excluding hydrogens is 306 g/mol. The zero-order valence-electron chi connectivity index (χ0n) is 10.6. The number of hydrogen-bond donors (Lipinski definition) is 1. The van der Waals surface area contributed by atoms with Crippen molar-refractivity contribution in [2.75, 3.05) is 0 Å². The van der Waals surface area contributed by atoms with Crippen molar-refractivity contribution in [3.63, 3.8) is 0 Å². The van der Waals surface area contributed by atoms with Gasteiger partial charge < -0.3 is 5.32 Å². The average molecular weight is 326 g/mol. The summed E-state index contributed by atoms with van der Waals surface area (Å²) in [7, 11) is 0. The van der Waals surface area contributed by atoms with Crippen LogP contribution < -0.4 is 5.32 Å². The molecule has 0 unspecified atom stereocenters. The number of hydrogen-bond acceptors (Lipinski definition) is 2. The average Bonchev–Trinajstić information content (AvgIpc) is 2.70. The Kier molecular flexibility index (Phi) is 2.86. The SMILES string of the molecule is Brc1ccsc1CNC12CC3CC(CC(C3)C1)C2. The third-order valence-electron chi connectivity index (χ3n) is 5.35. The van der Waals surface area contributed by atoms with Gasteiger partial charge in [0.1, 0.15) is 0 Å². The zero-order valence-corrected chi connectivity index (χ0v) is 13.0. The van der Waals surface area contributed by atoms with Gasteiger partial charge in [0.05, 0.1) is 0 Å². The molecule has 4 bridgehead atoms. The molecule has 18 heavy (non-hydrogen) atoms. The van der Waals surface area contributed by atoms with E-state index in [1.807, 2.05) is 11.3 Å². The van der Waals surface area contributed by atoms with Crippen LogP contribution in [0.25, 0.3) is 0 Å². The fraction of sp³-hybridized carbons (Fsp3) is 0.733. The molecule has 5 rings (SSSR count). The van der Waals surface area contributed by atoms with Crippen LogP contribution in [-0.2, 0) is 6.54 Å². The summed E-state index contributed by atoms with van der Waals surface area (Å²) < 4.78 is 1.28. The molecule has 1 N–H and O–H groups in total. The van der Waals surface area contributed by atoms with Gasteiger partial charge in [0, 0.05) is 21.4 Å². The summed E-state index contributed by atoms with van der Waals surface area (Å²) in [4.78, 5) is 1.46. The molecule has 0 amide bonds. The van der Waals surface area contributed by atoms with Crippen molar-refractivity contribution >= 4 is 27.3 Å². The molecule has 0 atom stereocenters. The fourth-order valence-electron chi connectivity index (χ4n) is 5.05. The van der Waals surface area contributed by atoms with Gasteiger partial charge in [-0.1, -0.05) is 0 Å². The molecule has 0 saturated heterocycles. The maximum absolute atomic E-state index is 3.95. The van der Waals surface area contributed by atoms with Gasteiger partial charge in [-0.15, -0.1) is 11.3 Å². The number of rotatable bonds is 3. The number of nitrogens with one attached hydrogen (secondary N) is 1. The van der Waals surface area contributed by atoms with Gasteiger partial charge in [-0.25, -0.2) is 0 Å². The van der Waals surface area contributed by atoms with Gasteiger partial charge in [-0.3, -0.25) is 0 Å². The first-order valence-corrected chi connectivity index (χ1v) is 8.87. The van der Waals surface area contributed by atoms with Gasteiger partial charge in [0.15, 0.2) is 0 Å². The molecule has 1 heterocycles. The topological polar surface area (TPSA) is 12.0 Å². The lowest BCUT2D eigenvalue weighted by Crippen LogP contribution is -2.58. The van der Waals surface area contributed by atoms with E-state index in [1.54, 1.807) is 0 Å². The summed E-state index contributed by atoms with van der Waals surface area (Å²) in [6.45, 7) is 1.06. The summed E-state index contributed by atoms with van der Waals surface area (Å²) in [5, 5.41) is 6.13. The minimum Gasteiger partial charge on any atom is -0.306 e. The molecule has 0 radical (unpaired) electrons. The Balaban J connectivity index is 1.49. The molecule has 4 fully saturated rings. The second kappa shape index (κ2) is 4.32. The maximum Gasteiger partial charge on any atom is 0.0327 e. The quantitative estimate of drug-likeness (QED) is 0.858. The predicted molar refractivity (Wildman–Crippen MR) is 79.8 cm³/mol. The normalized spacial score (nSPS) is 41.5. The second-order valence-corrected chi connectivity index (χ2v) is 8.60. The van der Waals surface area contributed by atoms with E-state index >= 15 is 0 Å². The Morgan fingerprint density at radius 2 is 1.78 bits per heavy atom. The lowest BCUT2D eigenvalue weighted by Gasteiger charge is -2.57. The smallest absolute Gasteiger partial charge is 0.0327 e. The Labute approximate surface area is 121 Å².